The van der Waals surface area contributed by atoms with E-state index in [9.17, 15) is 19.5 Å². The predicted molar refractivity (Wildman–Crippen MR) is 123 cm³/mol. The fourth-order valence-corrected chi connectivity index (χ4v) is 3.92. The van der Waals surface area contributed by atoms with Crippen molar-refractivity contribution in [3.05, 3.63) is 101 Å². The van der Waals surface area contributed by atoms with Crippen molar-refractivity contribution in [3.63, 3.8) is 0 Å². The van der Waals surface area contributed by atoms with Gasteiger partial charge < -0.3 is 19.5 Å². The molecule has 1 fully saturated rings. The second kappa shape index (κ2) is 9.58. The van der Waals surface area contributed by atoms with Gasteiger partial charge in [0.15, 0.2) is 0 Å². The molecule has 0 radical (unpaired) electrons. The van der Waals surface area contributed by atoms with Crippen molar-refractivity contribution in [2.45, 2.75) is 12.6 Å². The standard InChI is InChI=1S/C26H22N2O6/c1-33-20-5-3-4-19(14-20)23(29)21-22(17-6-8-18(9-7-17)26(32)34-2)28(25(31)24(21)30)15-16-10-12-27-13-11-16/h3-14,22,29H,15H2,1-2H3/b23-21+. The van der Waals surface area contributed by atoms with Crippen molar-refractivity contribution in [1.82, 2.24) is 9.88 Å². The van der Waals surface area contributed by atoms with Gasteiger partial charge in [-0.25, -0.2) is 4.79 Å². The molecule has 0 saturated carbocycles. The third-order valence-corrected chi connectivity index (χ3v) is 5.63. The number of aliphatic hydroxyl groups is 1. The summed E-state index contributed by atoms with van der Waals surface area (Å²) in [5, 5.41) is 11.2. The molecular weight excluding hydrogens is 436 g/mol. The number of aliphatic hydroxyl groups excluding tert-OH is 1. The van der Waals surface area contributed by atoms with Crippen LogP contribution in [0.15, 0.2) is 78.6 Å². The molecule has 3 aromatic rings. The highest BCUT2D eigenvalue weighted by Gasteiger charge is 2.46. The van der Waals surface area contributed by atoms with Crippen LogP contribution in [0.25, 0.3) is 5.76 Å². The lowest BCUT2D eigenvalue weighted by atomic mass is 9.94. The summed E-state index contributed by atoms with van der Waals surface area (Å²) >= 11 is 0. The van der Waals surface area contributed by atoms with E-state index in [0.29, 0.717) is 22.4 Å². The van der Waals surface area contributed by atoms with Gasteiger partial charge in [0.1, 0.15) is 11.5 Å². The zero-order chi connectivity index (χ0) is 24.2. The molecule has 1 aromatic heterocycles. The molecule has 1 N–H and O–H groups in total. The number of Topliss-reactive ketones (excluding diaryl/α,β-unsaturated/α-hetero) is 1. The fraction of sp³-hybridized carbons (Fsp3) is 0.154. The number of nitrogens with zero attached hydrogens (tertiary/aromatic N) is 2. The second-order valence-electron chi connectivity index (χ2n) is 7.63. The Bertz CT molecular complexity index is 1270. The van der Waals surface area contributed by atoms with Gasteiger partial charge in [0.2, 0.25) is 0 Å². The Balaban J connectivity index is 1.85. The van der Waals surface area contributed by atoms with Crippen molar-refractivity contribution >= 4 is 23.4 Å². The summed E-state index contributed by atoms with van der Waals surface area (Å²) < 4.78 is 9.98. The molecule has 34 heavy (non-hydrogen) atoms. The Morgan fingerprint density at radius 3 is 2.35 bits per heavy atom. The molecule has 0 aliphatic carbocycles. The quantitative estimate of drug-likeness (QED) is 0.261. The van der Waals surface area contributed by atoms with Crippen LogP contribution in [-0.4, -0.2) is 46.9 Å². The molecule has 1 aliphatic heterocycles. The average Bonchev–Trinajstić information content (AvgIpc) is 3.13. The first-order valence-corrected chi connectivity index (χ1v) is 10.4. The number of carbonyl (C=O) groups is 3. The van der Waals surface area contributed by atoms with Crippen molar-refractivity contribution in [3.8, 4) is 5.75 Å². The van der Waals surface area contributed by atoms with Gasteiger partial charge in [-0.05, 0) is 47.5 Å². The summed E-state index contributed by atoms with van der Waals surface area (Å²) in [5.41, 5.74) is 1.96. The molecule has 8 heteroatoms. The number of hydrogen-bond donors (Lipinski definition) is 1. The van der Waals surface area contributed by atoms with Crippen LogP contribution < -0.4 is 4.74 Å². The molecule has 1 aliphatic rings. The van der Waals surface area contributed by atoms with Crippen molar-refractivity contribution in [2.24, 2.45) is 0 Å². The van der Waals surface area contributed by atoms with E-state index >= 15 is 0 Å². The van der Waals surface area contributed by atoms with E-state index < -0.39 is 23.7 Å². The van der Waals surface area contributed by atoms with Gasteiger partial charge in [-0.15, -0.1) is 0 Å². The Hall–Kier alpha value is -4.46. The molecule has 172 valence electrons. The van der Waals surface area contributed by atoms with Crippen LogP contribution in [0.4, 0.5) is 0 Å². The van der Waals surface area contributed by atoms with E-state index in [1.165, 1.54) is 19.1 Å². The summed E-state index contributed by atoms with van der Waals surface area (Å²) in [6, 6.07) is 15.6. The number of benzene rings is 2. The third kappa shape index (κ3) is 4.25. The first kappa shape index (κ1) is 22.7. The summed E-state index contributed by atoms with van der Waals surface area (Å²) in [6.45, 7) is 0.130. The number of rotatable bonds is 6. The van der Waals surface area contributed by atoms with Crippen LogP contribution in [0.5, 0.6) is 5.75 Å². The van der Waals surface area contributed by atoms with Gasteiger partial charge in [-0.2, -0.15) is 0 Å². The number of carbonyl (C=O) groups excluding carboxylic acids is 3. The molecular formula is C26H22N2O6. The second-order valence-corrected chi connectivity index (χ2v) is 7.63. The largest absolute Gasteiger partial charge is 0.507 e. The zero-order valence-electron chi connectivity index (χ0n) is 18.6. The molecule has 8 nitrogen and oxygen atoms in total. The summed E-state index contributed by atoms with van der Waals surface area (Å²) in [4.78, 5) is 43.5. The monoisotopic (exact) mass is 458 g/mol. The average molecular weight is 458 g/mol. The number of pyridine rings is 1. The number of hydrogen-bond acceptors (Lipinski definition) is 7. The van der Waals surface area contributed by atoms with E-state index in [0.717, 1.165) is 5.56 Å². The number of likely N-dealkylation sites (tertiary alicyclic amines) is 1. The summed E-state index contributed by atoms with van der Waals surface area (Å²) in [7, 11) is 2.78. The highest BCUT2D eigenvalue weighted by Crippen LogP contribution is 2.40. The SMILES string of the molecule is COC(=O)c1ccc(C2/C(=C(\O)c3cccc(OC)c3)C(=O)C(=O)N2Cc2ccncc2)cc1. The van der Waals surface area contributed by atoms with Gasteiger partial charge in [0.25, 0.3) is 11.7 Å². The van der Waals surface area contributed by atoms with Gasteiger partial charge in [-0.3, -0.25) is 14.6 Å². The fourth-order valence-electron chi connectivity index (χ4n) is 3.92. The molecule has 1 unspecified atom stereocenters. The van der Waals surface area contributed by atoms with Gasteiger partial charge in [0.05, 0.1) is 31.4 Å². The van der Waals surface area contributed by atoms with Crippen molar-refractivity contribution in [2.75, 3.05) is 14.2 Å². The molecule has 1 amide bonds. The number of ketones is 1. The van der Waals surface area contributed by atoms with Crippen molar-refractivity contribution < 1.29 is 29.0 Å². The smallest absolute Gasteiger partial charge is 0.337 e. The van der Waals surface area contributed by atoms with E-state index in [2.05, 4.69) is 4.98 Å². The number of ether oxygens (including phenoxy) is 2. The van der Waals surface area contributed by atoms with Gasteiger partial charge in [0, 0.05) is 24.5 Å². The lowest BCUT2D eigenvalue weighted by molar-refractivity contribution is -0.140. The first-order chi connectivity index (χ1) is 16.4. The zero-order valence-corrected chi connectivity index (χ0v) is 18.6. The van der Waals surface area contributed by atoms with E-state index in [1.807, 2.05) is 0 Å². The molecule has 4 rings (SSSR count). The van der Waals surface area contributed by atoms with Crippen LogP contribution in [-0.2, 0) is 20.9 Å². The minimum Gasteiger partial charge on any atom is -0.507 e. The first-order valence-electron chi connectivity index (χ1n) is 10.4. The lowest BCUT2D eigenvalue weighted by Gasteiger charge is -2.25. The molecule has 0 bridgehead atoms. The van der Waals surface area contributed by atoms with Gasteiger partial charge >= 0.3 is 5.97 Å². The minimum absolute atomic E-state index is 0.0434. The topological polar surface area (TPSA) is 106 Å². The molecule has 2 aromatic carbocycles. The molecule has 2 heterocycles. The number of methoxy groups -OCH3 is 2. The number of esters is 1. The van der Waals surface area contributed by atoms with Gasteiger partial charge in [-0.1, -0.05) is 24.3 Å². The summed E-state index contributed by atoms with van der Waals surface area (Å²) in [6.07, 6.45) is 3.20. The third-order valence-electron chi connectivity index (χ3n) is 5.63. The Morgan fingerprint density at radius 2 is 1.71 bits per heavy atom. The van der Waals surface area contributed by atoms with E-state index in [1.54, 1.807) is 73.1 Å². The maximum Gasteiger partial charge on any atom is 0.337 e. The van der Waals surface area contributed by atoms with Crippen LogP contribution in [0, 0.1) is 0 Å². The lowest BCUT2D eigenvalue weighted by Crippen LogP contribution is -2.29. The van der Waals surface area contributed by atoms with Crippen LogP contribution >= 0.6 is 0 Å². The number of amides is 1. The maximum absolute atomic E-state index is 13.2. The molecule has 0 spiro atoms. The van der Waals surface area contributed by atoms with Crippen LogP contribution in [0.1, 0.15) is 33.1 Å². The number of aromatic nitrogens is 1. The van der Waals surface area contributed by atoms with Crippen molar-refractivity contribution in [1.29, 1.82) is 0 Å². The van der Waals surface area contributed by atoms with E-state index in [-0.39, 0.29) is 17.9 Å². The Morgan fingerprint density at radius 1 is 1.00 bits per heavy atom. The Labute approximate surface area is 196 Å². The highest BCUT2D eigenvalue weighted by atomic mass is 16.5. The van der Waals surface area contributed by atoms with Crippen LogP contribution in [0.2, 0.25) is 0 Å². The summed E-state index contributed by atoms with van der Waals surface area (Å²) in [5.74, 6) is -1.85. The highest BCUT2D eigenvalue weighted by molar-refractivity contribution is 6.46. The van der Waals surface area contributed by atoms with Crippen LogP contribution in [0.3, 0.4) is 0 Å². The normalized spacial score (nSPS) is 17.0. The van der Waals surface area contributed by atoms with E-state index in [4.69, 9.17) is 9.47 Å². The molecule has 1 saturated heterocycles. The minimum atomic E-state index is -0.869. The maximum atomic E-state index is 13.2. The molecule has 1 atom stereocenters. The Kier molecular flexibility index (Phi) is 6.40. The predicted octanol–water partition coefficient (Wildman–Crippen LogP) is 3.50.